The Bertz CT molecular complexity index is 924. The van der Waals surface area contributed by atoms with Crippen molar-refractivity contribution in [3.63, 3.8) is 0 Å². The molecule has 2 aliphatic rings. The van der Waals surface area contributed by atoms with Crippen molar-refractivity contribution in [2.24, 2.45) is 0 Å². The number of rotatable bonds is 1. The topological polar surface area (TPSA) is 63.8 Å². The third-order valence-corrected chi connectivity index (χ3v) is 4.39. The van der Waals surface area contributed by atoms with Gasteiger partial charge in [0, 0.05) is 40.5 Å². The average molecular weight is 554 g/mol. The fourth-order valence-corrected chi connectivity index (χ4v) is 3.36. The molecule has 124 valence electrons. The number of fused-ring (bicyclic) bond motifs is 2. The first kappa shape index (κ1) is 19.5. The van der Waals surface area contributed by atoms with Crippen LogP contribution in [0.4, 0.5) is 5.82 Å². The van der Waals surface area contributed by atoms with Gasteiger partial charge in [0.05, 0.1) is 5.69 Å². The molecule has 3 heterocycles. The molecule has 0 saturated heterocycles. The van der Waals surface area contributed by atoms with Gasteiger partial charge in [-0.25, -0.2) is 4.98 Å². The Morgan fingerprint density at radius 3 is 2.76 bits per heavy atom. The zero-order chi connectivity index (χ0) is 16.0. The number of hydrogen-bond acceptors (Lipinski definition) is 4. The number of aromatic nitrogens is 2. The first-order chi connectivity index (χ1) is 11.1. The summed E-state index contributed by atoms with van der Waals surface area (Å²) in [7, 11) is 0. The summed E-state index contributed by atoms with van der Waals surface area (Å²) in [5.41, 5.74) is 11.5. The van der Waals surface area contributed by atoms with Crippen molar-refractivity contribution in [2.45, 2.75) is 19.4 Å². The number of nitrogens with one attached hydrogen (secondary N) is 1. The molecule has 1 unspecified atom stereocenters. The third-order valence-electron chi connectivity index (χ3n) is 4.39. The monoisotopic (exact) mass is 554 g/mol. The van der Waals surface area contributed by atoms with E-state index in [0.717, 1.165) is 39.7 Å². The van der Waals surface area contributed by atoms with Crippen LogP contribution in [0.5, 0.6) is 0 Å². The van der Waals surface area contributed by atoms with Crippen LogP contribution >= 0.6 is 0 Å². The number of nitrogen functional groups attached to an aromatic ring is 1. The van der Waals surface area contributed by atoms with Crippen molar-refractivity contribution in [2.75, 3.05) is 5.73 Å². The Kier molecular flexibility index (Phi) is 5.92. The van der Waals surface area contributed by atoms with Crippen LogP contribution in [0.25, 0.3) is 16.3 Å². The zero-order valence-corrected chi connectivity index (χ0v) is 18.6. The minimum atomic E-state index is 0. The Morgan fingerprint density at radius 1 is 1.24 bits per heavy atom. The van der Waals surface area contributed by atoms with Crippen molar-refractivity contribution in [3.05, 3.63) is 79.3 Å². The van der Waals surface area contributed by atoms with Gasteiger partial charge in [0.2, 0.25) is 0 Å². The zero-order valence-electron chi connectivity index (χ0n) is 14.4. The Hall–Kier alpha value is -1.83. The van der Waals surface area contributed by atoms with Gasteiger partial charge < -0.3 is 18.5 Å². The van der Waals surface area contributed by atoms with E-state index in [4.69, 9.17) is 5.73 Å². The summed E-state index contributed by atoms with van der Waals surface area (Å²) in [5, 5.41) is 5.51. The normalized spacial score (nSPS) is 18.7. The molecule has 0 radical (unpaired) electrons. The van der Waals surface area contributed by atoms with Crippen LogP contribution in [0.3, 0.4) is 0 Å². The quantitative estimate of drug-likeness (QED) is 0.529. The van der Waals surface area contributed by atoms with Crippen molar-refractivity contribution in [1.82, 2.24) is 15.3 Å². The summed E-state index contributed by atoms with van der Waals surface area (Å²) in [6.45, 7) is 6.13. The minimum absolute atomic E-state index is 0. The van der Waals surface area contributed by atoms with E-state index in [0.29, 0.717) is 5.82 Å². The summed E-state index contributed by atoms with van der Waals surface area (Å²) in [4.78, 5) is 8.82. The average Bonchev–Trinajstić information content (AvgIpc) is 2.71. The Morgan fingerprint density at radius 2 is 1.96 bits per heavy atom. The van der Waals surface area contributed by atoms with Crippen LogP contribution in [0.2, 0.25) is 0 Å². The largest absolute Gasteiger partial charge is 2.00 e. The molecule has 25 heavy (non-hydrogen) atoms. The van der Waals surface area contributed by atoms with Crippen molar-refractivity contribution in [3.8, 4) is 0 Å². The number of hydrogen-bond donors (Lipinski definition) is 2. The third kappa shape index (κ3) is 3.31. The molecule has 1 aliphatic carbocycles. The van der Waals surface area contributed by atoms with Gasteiger partial charge >= 0.3 is 31.1 Å². The smallest absolute Gasteiger partial charge is 0.383 e. The van der Waals surface area contributed by atoms with E-state index in [9.17, 15) is 0 Å². The molecular formula is C20H20N4U. The molecule has 1 aliphatic heterocycles. The van der Waals surface area contributed by atoms with E-state index in [2.05, 4.69) is 40.9 Å². The molecule has 0 bridgehead atoms. The first-order valence-corrected chi connectivity index (χ1v) is 7.60. The predicted molar refractivity (Wildman–Crippen MR) is 99.5 cm³/mol. The van der Waals surface area contributed by atoms with Crippen molar-refractivity contribution in [1.29, 1.82) is 0 Å². The van der Waals surface area contributed by atoms with E-state index in [1.165, 1.54) is 5.57 Å². The van der Waals surface area contributed by atoms with Crippen molar-refractivity contribution < 1.29 is 31.1 Å². The second kappa shape index (κ2) is 7.60. The van der Waals surface area contributed by atoms with Crippen LogP contribution in [0, 0.1) is 44.6 Å². The standard InChI is InChI=1S/C19H17N4.CH3.U/c1-11-4-3-5-15-16(10-11)23-12(2)17(15)18-13-6-9-22-19(20)14(13)7-8-21-18;;/h3,5-9,16,23H,1,10H2,2H3,(H2,20,22);1H3;/q2*-1;+2. The van der Waals surface area contributed by atoms with Gasteiger partial charge in [-0.15, -0.1) is 0 Å². The van der Waals surface area contributed by atoms with E-state index < -0.39 is 0 Å². The summed E-state index contributed by atoms with van der Waals surface area (Å²) >= 11 is 0. The summed E-state index contributed by atoms with van der Waals surface area (Å²) < 4.78 is 0. The van der Waals surface area contributed by atoms with Gasteiger partial charge in [-0.1, -0.05) is 5.57 Å². The van der Waals surface area contributed by atoms with Gasteiger partial charge in [0.1, 0.15) is 5.82 Å². The fraction of sp³-hybridized carbons (Fsp3) is 0.150. The Balaban J connectivity index is 0.00000113. The molecular weight excluding hydrogens is 534 g/mol. The van der Waals surface area contributed by atoms with E-state index in [1.54, 1.807) is 12.4 Å². The molecule has 0 saturated carbocycles. The van der Waals surface area contributed by atoms with E-state index >= 15 is 0 Å². The predicted octanol–water partition coefficient (Wildman–Crippen LogP) is 3.61. The maximum absolute atomic E-state index is 6.02. The number of nitrogens with zero attached hydrogens (tertiary/aromatic N) is 2. The van der Waals surface area contributed by atoms with E-state index in [-0.39, 0.29) is 44.6 Å². The second-order valence-corrected chi connectivity index (χ2v) is 5.89. The van der Waals surface area contributed by atoms with Gasteiger partial charge in [0.15, 0.2) is 0 Å². The van der Waals surface area contributed by atoms with Gasteiger partial charge in [-0.2, -0.15) is 30.4 Å². The second-order valence-electron chi connectivity index (χ2n) is 5.89. The van der Waals surface area contributed by atoms with Crippen LogP contribution in [0.15, 0.2) is 60.1 Å². The molecule has 1 atom stereocenters. The molecule has 2 aromatic heterocycles. The molecule has 0 fully saturated rings. The number of allylic oxidation sites excluding steroid dienone is 4. The summed E-state index contributed by atoms with van der Waals surface area (Å²) in [6, 6.07) is 4.10. The maximum Gasteiger partial charge on any atom is 2.00 e. The molecule has 4 rings (SSSR count). The maximum atomic E-state index is 6.02. The van der Waals surface area contributed by atoms with Gasteiger partial charge in [-0.3, -0.25) is 4.98 Å². The Labute approximate surface area is 172 Å². The van der Waals surface area contributed by atoms with Gasteiger partial charge in [0.25, 0.3) is 0 Å². The van der Waals surface area contributed by atoms with Crippen LogP contribution in [-0.4, -0.2) is 16.0 Å². The molecule has 2 aromatic rings. The minimum Gasteiger partial charge on any atom is -0.383 e. The van der Waals surface area contributed by atoms with Crippen LogP contribution in [-0.2, 0) is 0 Å². The summed E-state index contributed by atoms with van der Waals surface area (Å²) in [5.74, 6) is 0.531. The van der Waals surface area contributed by atoms with Crippen LogP contribution in [0.1, 0.15) is 19.0 Å². The number of nitrogens with two attached hydrogens (primary N) is 1. The molecule has 0 amide bonds. The molecule has 4 nitrogen and oxygen atoms in total. The molecule has 0 spiro atoms. The molecule has 5 heteroatoms. The number of pyridine rings is 2. The molecule has 0 aromatic carbocycles. The molecule has 3 N–H and O–H groups in total. The first-order valence-electron chi connectivity index (χ1n) is 7.60. The van der Waals surface area contributed by atoms with Gasteiger partial charge in [-0.05, 0) is 25.5 Å². The SMILES string of the molecule is C=C1[C-]=CC=C2C(c3nccc4c(N)nccc34)=C(C)NC2C1.[CH3-].[U+2]. The fourth-order valence-electron chi connectivity index (χ4n) is 3.36. The van der Waals surface area contributed by atoms with Crippen LogP contribution < -0.4 is 11.1 Å². The summed E-state index contributed by atoms with van der Waals surface area (Å²) in [6.07, 6.45) is 11.6. The van der Waals surface area contributed by atoms with E-state index in [1.807, 2.05) is 18.2 Å². The van der Waals surface area contributed by atoms with Crippen molar-refractivity contribution >= 4 is 22.2 Å². The number of anilines is 1.